The fraction of sp³-hybridized carbons (Fsp3) is 0.417. The number of rotatable bonds is 2. The topological polar surface area (TPSA) is 29.1 Å². The second kappa shape index (κ2) is 3.45. The zero-order valence-electron chi connectivity index (χ0n) is 8.53. The molecule has 1 heterocycles. The first-order valence-electron chi connectivity index (χ1n) is 5.05. The van der Waals surface area contributed by atoms with Crippen molar-refractivity contribution in [3.63, 3.8) is 0 Å². The Morgan fingerprint density at radius 2 is 1.86 bits per heavy atom. The lowest BCUT2D eigenvalue weighted by atomic mass is 9.78. The van der Waals surface area contributed by atoms with E-state index in [4.69, 9.17) is 0 Å². The van der Waals surface area contributed by atoms with Gasteiger partial charge in [0.2, 0.25) is 5.91 Å². The van der Waals surface area contributed by atoms with Crippen LogP contribution in [0.3, 0.4) is 0 Å². The molecule has 0 radical (unpaired) electrons. The maximum atomic E-state index is 11.3. The van der Waals surface area contributed by atoms with Gasteiger partial charge in [-0.3, -0.25) is 4.79 Å². The molecule has 2 heteroatoms. The van der Waals surface area contributed by atoms with E-state index in [9.17, 15) is 4.79 Å². The van der Waals surface area contributed by atoms with Gasteiger partial charge in [-0.2, -0.15) is 0 Å². The SMILES string of the molecule is CC(C)[C@@H]1C(=O)N[C@@H]1c1ccccc1. The summed E-state index contributed by atoms with van der Waals surface area (Å²) in [4.78, 5) is 11.3. The molecule has 1 saturated heterocycles. The number of β-lactam (4-membered cyclic amide) rings is 1. The molecular weight excluding hydrogens is 174 g/mol. The van der Waals surface area contributed by atoms with Crippen LogP contribution >= 0.6 is 0 Å². The number of hydrogen-bond acceptors (Lipinski definition) is 1. The first kappa shape index (κ1) is 9.25. The molecular formula is C12H15NO. The molecule has 1 aromatic carbocycles. The van der Waals surface area contributed by atoms with Gasteiger partial charge in [-0.1, -0.05) is 44.2 Å². The molecule has 1 fully saturated rings. The van der Waals surface area contributed by atoms with Crippen molar-refractivity contribution < 1.29 is 4.79 Å². The molecule has 0 saturated carbocycles. The molecule has 0 unspecified atom stereocenters. The van der Waals surface area contributed by atoms with Crippen LogP contribution in [0.25, 0.3) is 0 Å². The summed E-state index contributed by atoms with van der Waals surface area (Å²) in [5, 5.41) is 2.95. The first-order chi connectivity index (χ1) is 6.70. The van der Waals surface area contributed by atoms with Crippen molar-refractivity contribution in [2.75, 3.05) is 0 Å². The van der Waals surface area contributed by atoms with Gasteiger partial charge in [0.25, 0.3) is 0 Å². The van der Waals surface area contributed by atoms with Crippen LogP contribution in [0.1, 0.15) is 25.5 Å². The molecule has 1 amide bonds. The second-order valence-electron chi connectivity index (χ2n) is 4.17. The fourth-order valence-corrected chi connectivity index (χ4v) is 2.03. The van der Waals surface area contributed by atoms with Gasteiger partial charge in [-0.05, 0) is 11.5 Å². The van der Waals surface area contributed by atoms with Gasteiger partial charge < -0.3 is 5.32 Å². The number of carbonyl (C=O) groups is 1. The van der Waals surface area contributed by atoms with Gasteiger partial charge in [-0.15, -0.1) is 0 Å². The minimum Gasteiger partial charge on any atom is -0.348 e. The predicted octanol–water partition coefficient (Wildman–Crippen LogP) is 2.13. The first-order valence-corrected chi connectivity index (χ1v) is 5.05. The van der Waals surface area contributed by atoms with Gasteiger partial charge in [-0.25, -0.2) is 0 Å². The standard InChI is InChI=1S/C12H15NO/c1-8(2)10-11(13-12(10)14)9-6-4-3-5-7-9/h3-8,10-11H,1-2H3,(H,13,14)/t10-,11+/m0/s1. The van der Waals surface area contributed by atoms with Crippen LogP contribution < -0.4 is 5.32 Å². The second-order valence-corrected chi connectivity index (χ2v) is 4.17. The summed E-state index contributed by atoms with van der Waals surface area (Å²) in [5.41, 5.74) is 1.21. The third-order valence-corrected chi connectivity index (χ3v) is 2.84. The van der Waals surface area contributed by atoms with E-state index >= 15 is 0 Å². The molecule has 2 atom stereocenters. The van der Waals surface area contributed by atoms with Crippen molar-refractivity contribution in [1.29, 1.82) is 0 Å². The van der Waals surface area contributed by atoms with Gasteiger partial charge in [0.15, 0.2) is 0 Å². The molecule has 1 N–H and O–H groups in total. The number of benzene rings is 1. The van der Waals surface area contributed by atoms with Crippen molar-refractivity contribution in [3.05, 3.63) is 35.9 Å². The Kier molecular flexibility index (Phi) is 2.28. The molecule has 14 heavy (non-hydrogen) atoms. The van der Waals surface area contributed by atoms with Gasteiger partial charge in [0.05, 0.1) is 12.0 Å². The van der Waals surface area contributed by atoms with Crippen LogP contribution in [0.15, 0.2) is 30.3 Å². The van der Waals surface area contributed by atoms with E-state index < -0.39 is 0 Å². The number of hydrogen-bond donors (Lipinski definition) is 1. The van der Waals surface area contributed by atoms with E-state index in [1.165, 1.54) is 5.56 Å². The summed E-state index contributed by atoms with van der Waals surface area (Å²) in [7, 11) is 0. The largest absolute Gasteiger partial charge is 0.348 e. The third kappa shape index (κ3) is 1.41. The number of carbonyl (C=O) groups excluding carboxylic acids is 1. The Balaban J connectivity index is 2.18. The van der Waals surface area contributed by atoms with Crippen LogP contribution in [-0.4, -0.2) is 5.91 Å². The van der Waals surface area contributed by atoms with Crippen LogP contribution in [0.4, 0.5) is 0 Å². The maximum absolute atomic E-state index is 11.3. The van der Waals surface area contributed by atoms with Crippen molar-refractivity contribution in [3.8, 4) is 0 Å². The van der Waals surface area contributed by atoms with E-state index in [0.717, 1.165) is 0 Å². The molecule has 0 aromatic heterocycles. The van der Waals surface area contributed by atoms with Crippen molar-refractivity contribution in [2.45, 2.75) is 19.9 Å². The normalized spacial score (nSPS) is 25.8. The maximum Gasteiger partial charge on any atom is 0.226 e. The van der Waals surface area contributed by atoms with Gasteiger partial charge in [0, 0.05) is 0 Å². The fourth-order valence-electron chi connectivity index (χ4n) is 2.03. The quantitative estimate of drug-likeness (QED) is 0.709. The average molecular weight is 189 g/mol. The smallest absolute Gasteiger partial charge is 0.226 e. The Bertz CT molecular complexity index is 331. The minimum absolute atomic E-state index is 0.150. The zero-order chi connectivity index (χ0) is 10.1. The summed E-state index contributed by atoms with van der Waals surface area (Å²) >= 11 is 0. The summed E-state index contributed by atoms with van der Waals surface area (Å²) in [6, 6.07) is 10.4. The van der Waals surface area contributed by atoms with Crippen molar-refractivity contribution >= 4 is 5.91 Å². The molecule has 74 valence electrons. The molecule has 0 spiro atoms. The summed E-state index contributed by atoms with van der Waals surface area (Å²) in [5.74, 6) is 0.750. The molecule has 2 rings (SSSR count). The van der Waals surface area contributed by atoms with E-state index in [2.05, 4.69) is 31.3 Å². The third-order valence-electron chi connectivity index (χ3n) is 2.84. The zero-order valence-corrected chi connectivity index (χ0v) is 8.53. The lowest BCUT2D eigenvalue weighted by molar-refractivity contribution is -0.137. The van der Waals surface area contributed by atoms with Crippen LogP contribution in [-0.2, 0) is 4.79 Å². The van der Waals surface area contributed by atoms with E-state index in [1.807, 2.05) is 18.2 Å². The highest BCUT2D eigenvalue weighted by molar-refractivity contribution is 5.86. The summed E-state index contributed by atoms with van der Waals surface area (Å²) in [6.07, 6.45) is 0. The Labute approximate surface area is 84.3 Å². The Morgan fingerprint density at radius 3 is 2.36 bits per heavy atom. The van der Waals surface area contributed by atoms with E-state index in [0.29, 0.717) is 5.92 Å². The van der Waals surface area contributed by atoms with Gasteiger partial charge >= 0.3 is 0 Å². The number of nitrogens with one attached hydrogen (secondary N) is 1. The Hall–Kier alpha value is -1.31. The number of amides is 1. The highest BCUT2D eigenvalue weighted by Gasteiger charge is 2.41. The van der Waals surface area contributed by atoms with Crippen LogP contribution in [0, 0.1) is 11.8 Å². The molecule has 0 aliphatic carbocycles. The lowest BCUT2D eigenvalue weighted by Crippen LogP contribution is -2.53. The van der Waals surface area contributed by atoms with Crippen molar-refractivity contribution in [1.82, 2.24) is 5.32 Å². The molecule has 1 aliphatic heterocycles. The highest BCUT2D eigenvalue weighted by atomic mass is 16.2. The monoisotopic (exact) mass is 189 g/mol. The molecule has 2 nitrogen and oxygen atoms in total. The molecule has 1 aliphatic rings. The van der Waals surface area contributed by atoms with Gasteiger partial charge in [0.1, 0.15) is 0 Å². The summed E-state index contributed by atoms with van der Waals surface area (Å²) < 4.78 is 0. The Morgan fingerprint density at radius 1 is 1.21 bits per heavy atom. The van der Waals surface area contributed by atoms with Crippen LogP contribution in [0.5, 0.6) is 0 Å². The average Bonchev–Trinajstić information content (AvgIpc) is 2.14. The molecule has 0 bridgehead atoms. The highest BCUT2D eigenvalue weighted by Crippen LogP contribution is 2.35. The minimum atomic E-state index is 0.150. The lowest BCUT2D eigenvalue weighted by Gasteiger charge is -2.39. The molecule has 1 aromatic rings. The van der Waals surface area contributed by atoms with E-state index in [1.54, 1.807) is 0 Å². The van der Waals surface area contributed by atoms with Crippen LogP contribution in [0.2, 0.25) is 0 Å². The summed E-state index contributed by atoms with van der Waals surface area (Å²) in [6.45, 7) is 4.19. The van der Waals surface area contributed by atoms with Crippen molar-refractivity contribution in [2.24, 2.45) is 11.8 Å². The predicted molar refractivity (Wildman–Crippen MR) is 55.7 cm³/mol. The van der Waals surface area contributed by atoms with E-state index in [-0.39, 0.29) is 17.9 Å².